The van der Waals surface area contributed by atoms with Crippen molar-refractivity contribution >= 4 is 34.1 Å². The number of benzene rings is 4. The van der Waals surface area contributed by atoms with Crippen molar-refractivity contribution in [1.29, 1.82) is 0 Å². The summed E-state index contributed by atoms with van der Waals surface area (Å²) in [6.45, 7) is 0. The maximum Gasteiger partial charge on any atom is 0.317 e. The number of aliphatic imine (C=N–C) groups is 1. The predicted molar refractivity (Wildman–Crippen MR) is 132 cm³/mol. The van der Waals surface area contributed by atoms with Gasteiger partial charge in [-0.05, 0) is 29.0 Å². The molecule has 164 valence electrons. The van der Waals surface area contributed by atoms with Gasteiger partial charge in [-0.2, -0.15) is 0 Å². The highest BCUT2D eigenvalue weighted by Gasteiger charge is 2.27. The quantitative estimate of drug-likeness (QED) is 0.401. The molecule has 0 spiro atoms. The first-order chi connectivity index (χ1) is 16.7. The van der Waals surface area contributed by atoms with Gasteiger partial charge in [0.15, 0.2) is 0 Å². The Bertz CT molecular complexity index is 1540. The fraction of sp³-hybridized carbons (Fsp3) is 0.0370. The second-order valence-electron chi connectivity index (χ2n) is 7.90. The van der Waals surface area contributed by atoms with Crippen molar-refractivity contribution in [3.05, 3.63) is 108 Å². The first-order valence-electron chi connectivity index (χ1n) is 10.9. The summed E-state index contributed by atoms with van der Waals surface area (Å²) >= 11 is 0. The molecule has 1 aliphatic heterocycles. The van der Waals surface area contributed by atoms with Gasteiger partial charge < -0.3 is 15.1 Å². The lowest BCUT2D eigenvalue weighted by Crippen LogP contribution is -2.32. The molecule has 1 unspecified atom stereocenters. The second-order valence-corrected chi connectivity index (χ2v) is 7.90. The molecule has 34 heavy (non-hydrogen) atoms. The van der Waals surface area contributed by atoms with E-state index in [1.807, 2.05) is 97.1 Å². The molecule has 2 heterocycles. The molecule has 0 fully saturated rings. The Hall–Kier alpha value is -4.78. The number of hydrogen-bond donors (Lipinski definition) is 2. The van der Waals surface area contributed by atoms with Crippen LogP contribution in [0.3, 0.4) is 0 Å². The summed E-state index contributed by atoms with van der Waals surface area (Å²) < 4.78 is 5.85. The molecular weight excluding hydrogens is 426 g/mol. The Labute approximate surface area is 195 Å². The Morgan fingerprint density at radius 3 is 2.41 bits per heavy atom. The van der Waals surface area contributed by atoms with E-state index in [1.165, 1.54) is 0 Å². The van der Waals surface area contributed by atoms with E-state index in [9.17, 15) is 4.79 Å². The number of fused-ring (bicyclic) bond motifs is 2. The molecule has 0 aliphatic carbocycles. The number of carbonyl (C=O) groups is 1. The van der Waals surface area contributed by atoms with Crippen molar-refractivity contribution in [2.24, 2.45) is 4.99 Å². The molecule has 5 aromatic rings. The molecule has 1 amide bonds. The van der Waals surface area contributed by atoms with E-state index in [2.05, 4.69) is 20.8 Å². The standard InChI is InChI=1S/C27H19N5O2/c33-25-24(29-23(18-9-2-1-3-10-18)21-12-6-7-13-22(21)28-25)30-27-32-31-26(34-27)20-15-14-17-8-4-5-11-19(17)16-20/h1-16,24H,(H,28,33)(H,30,32). The van der Waals surface area contributed by atoms with Crippen LogP contribution in [0.5, 0.6) is 0 Å². The first-order valence-corrected chi connectivity index (χ1v) is 10.9. The largest absolute Gasteiger partial charge is 0.403 e. The molecule has 6 rings (SSSR count). The van der Waals surface area contributed by atoms with E-state index >= 15 is 0 Å². The monoisotopic (exact) mass is 445 g/mol. The number of rotatable bonds is 4. The molecule has 0 bridgehead atoms. The minimum Gasteiger partial charge on any atom is -0.403 e. The molecule has 7 heteroatoms. The summed E-state index contributed by atoms with van der Waals surface area (Å²) in [5.41, 5.74) is 3.93. The SMILES string of the molecule is O=C1Nc2ccccc2C(c2ccccc2)=NC1Nc1nnc(-c2ccc3ccccc3c2)o1. The highest BCUT2D eigenvalue weighted by molar-refractivity contribution is 6.19. The average Bonchev–Trinajstić information content (AvgIpc) is 3.30. The topological polar surface area (TPSA) is 92.4 Å². The number of anilines is 2. The van der Waals surface area contributed by atoms with Crippen molar-refractivity contribution in [2.75, 3.05) is 10.6 Å². The van der Waals surface area contributed by atoms with Crippen LogP contribution in [0.1, 0.15) is 11.1 Å². The zero-order valence-electron chi connectivity index (χ0n) is 18.0. The van der Waals surface area contributed by atoms with Crippen LogP contribution in [0.2, 0.25) is 0 Å². The molecule has 0 radical (unpaired) electrons. The number of nitrogens with zero attached hydrogens (tertiary/aromatic N) is 3. The van der Waals surface area contributed by atoms with Gasteiger partial charge in [0.1, 0.15) is 0 Å². The van der Waals surface area contributed by atoms with Crippen molar-refractivity contribution < 1.29 is 9.21 Å². The Kier molecular flexibility index (Phi) is 4.85. The number of carbonyl (C=O) groups excluding carboxylic acids is 1. The maximum atomic E-state index is 13.0. The Morgan fingerprint density at radius 2 is 1.53 bits per heavy atom. The zero-order valence-corrected chi connectivity index (χ0v) is 18.0. The summed E-state index contributed by atoms with van der Waals surface area (Å²) in [5.74, 6) is 0.0432. The number of amides is 1. The number of nitrogens with one attached hydrogen (secondary N) is 2. The predicted octanol–water partition coefficient (Wildman–Crippen LogP) is 5.12. The fourth-order valence-electron chi connectivity index (χ4n) is 4.02. The molecule has 1 aliphatic rings. The van der Waals surface area contributed by atoms with Gasteiger partial charge in [0, 0.05) is 16.7 Å². The summed E-state index contributed by atoms with van der Waals surface area (Å²) in [4.78, 5) is 17.8. The lowest BCUT2D eigenvalue weighted by molar-refractivity contribution is -0.116. The number of para-hydroxylation sites is 1. The molecule has 7 nitrogen and oxygen atoms in total. The lowest BCUT2D eigenvalue weighted by Gasteiger charge is -2.11. The molecule has 1 aromatic heterocycles. The van der Waals surface area contributed by atoms with Gasteiger partial charge in [0.2, 0.25) is 12.1 Å². The van der Waals surface area contributed by atoms with E-state index in [4.69, 9.17) is 9.41 Å². The normalized spacial score (nSPS) is 15.2. The van der Waals surface area contributed by atoms with Crippen LogP contribution in [-0.2, 0) is 4.79 Å². The third-order valence-electron chi connectivity index (χ3n) is 5.68. The van der Waals surface area contributed by atoms with Crippen LogP contribution in [0.15, 0.2) is 106 Å². The van der Waals surface area contributed by atoms with Gasteiger partial charge in [-0.3, -0.25) is 4.79 Å². The van der Waals surface area contributed by atoms with Crippen molar-refractivity contribution in [2.45, 2.75) is 6.17 Å². The summed E-state index contributed by atoms with van der Waals surface area (Å²) in [5, 5.41) is 16.4. The highest BCUT2D eigenvalue weighted by atomic mass is 16.4. The summed E-state index contributed by atoms with van der Waals surface area (Å²) in [6, 6.07) is 31.5. The minimum absolute atomic E-state index is 0.116. The van der Waals surface area contributed by atoms with E-state index in [1.54, 1.807) is 0 Å². The van der Waals surface area contributed by atoms with E-state index in [0.717, 1.165) is 27.5 Å². The third-order valence-corrected chi connectivity index (χ3v) is 5.68. The van der Waals surface area contributed by atoms with Gasteiger partial charge in [-0.1, -0.05) is 84.0 Å². The van der Waals surface area contributed by atoms with Crippen molar-refractivity contribution in [3.8, 4) is 11.5 Å². The van der Waals surface area contributed by atoms with Crippen LogP contribution >= 0.6 is 0 Å². The van der Waals surface area contributed by atoms with Gasteiger partial charge in [-0.15, -0.1) is 5.10 Å². The number of benzodiazepines with no additional fused rings is 1. The van der Waals surface area contributed by atoms with Gasteiger partial charge >= 0.3 is 6.01 Å². The van der Waals surface area contributed by atoms with Crippen LogP contribution in [0, 0.1) is 0 Å². The smallest absolute Gasteiger partial charge is 0.317 e. The minimum atomic E-state index is -0.951. The molecule has 2 N–H and O–H groups in total. The van der Waals surface area contributed by atoms with Gasteiger partial charge in [-0.25, -0.2) is 4.99 Å². The molecule has 0 saturated carbocycles. The van der Waals surface area contributed by atoms with Crippen LogP contribution in [0.25, 0.3) is 22.2 Å². The first kappa shape index (κ1) is 19.9. The second kappa shape index (κ2) is 8.29. The molecular formula is C27H19N5O2. The Balaban J connectivity index is 1.34. The van der Waals surface area contributed by atoms with E-state index in [0.29, 0.717) is 17.3 Å². The summed E-state index contributed by atoms with van der Waals surface area (Å²) in [7, 11) is 0. The maximum absolute atomic E-state index is 13.0. The molecule has 4 aromatic carbocycles. The van der Waals surface area contributed by atoms with Gasteiger partial charge in [0.25, 0.3) is 5.91 Å². The van der Waals surface area contributed by atoms with Gasteiger partial charge in [0.05, 0.1) is 11.4 Å². The Morgan fingerprint density at radius 1 is 0.765 bits per heavy atom. The number of aromatic nitrogens is 2. The van der Waals surface area contributed by atoms with E-state index < -0.39 is 6.17 Å². The third kappa shape index (κ3) is 3.69. The van der Waals surface area contributed by atoms with Crippen LogP contribution in [-0.4, -0.2) is 28.0 Å². The van der Waals surface area contributed by atoms with Crippen LogP contribution in [0.4, 0.5) is 11.7 Å². The molecule has 0 saturated heterocycles. The zero-order chi connectivity index (χ0) is 22.9. The average molecular weight is 445 g/mol. The van der Waals surface area contributed by atoms with Crippen molar-refractivity contribution in [3.63, 3.8) is 0 Å². The highest BCUT2D eigenvalue weighted by Crippen LogP contribution is 2.27. The van der Waals surface area contributed by atoms with Crippen molar-refractivity contribution in [1.82, 2.24) is 10.2 Å². The molecule has 1 atom stereocenters. The lowest BCUT2D eigenvalue weighted by atomic mass is 10.0. The fourth-order valence-corrected chi connectivity index (χ4v) is 4.02. The summed E-state index contributed by atoms with van der Waals surface area (Å²) in [6.07, 6.45) is -0.951. The van der Waals surface area contributed by atoms with E-state index in [-0.39, 0.29) is 11.9 Å². The van der Waals surface area contributed by atoms with Crippen LogP contribution < -0.4 is 10.6 Å². The number of hydrogen-bond acceptors (Lipinski definition) is 6.